The van der Waals surface area contributed by atoms with Crippen molar-refractivity contribution in [1.29, 1.82) is 0 Å². The van der Waals surface area contributed by atoms with Crippen LogP contribution >= 0.6 is 23.2 Å². The van der Waals surface area contributed by atoms with Gasteiger partial charge in [0, 0.05) is 55.5 Å². The summed E-state index contributed by atoms with van der Waals surface area (Å²) < 4.78 is 10.5. The highest BCUT2D eigenvalue weighted by Crippen LogP contribution is 2.29. The largest absolute Gasteiger partial charge is 0.482 e. The minimum absolute atomic E-state index is 0.105. The van der Waals surface area contributed by atoms with Gasteiger partial charge in [-0.3, -0.25) is 9.59 Å². The summed E-state index contributed by atoms with van der Waals surface area (Å²) in [5.41, 5.74) is 1.02. The number of piperazine rings is 1. The second kappa shape index (κ2) is 9.47. The second-order valence-electron chi connectivity index (χ2n) is 8.92. The van der Waals surface area contributed by atoms with Crippen LogP contribution in [0.5, 0.6) is 5.75 Å². The van der Waals surface area contributed by atoms with Crippen molar-refractivity contribution in [3.63, 3.8) is 0 Å². The summed E-state index contributed by atoms with van der Waals surface area (Å²) in [6.07, 6.45) is -0.460. The minimum Gasteiger partial charge on any atom is -0.482 e. The Hall–Kier alpha value is -3.17. The van der Waals surface area contributed by atoms with Gasteiger partial charge in [0.1, 0.15) is 17.9 Å². The van der Waals surface area contributed by atoms with Crippen molar-refractivity contribution >= 4 is 46.8 Å². The van der Waals surface area contributed by atoms with Gasteiger partial charge < -0.3 is 29.5 Å². The summed E-state index contributed by atoms with van der Waals surface area (Å²) in [5, 5.41) is 3.68. The zero-order chi connectivity index (χ0) is 24.6. The van der Waals surface area contributed by atoms with E-state index >= 15 is 0 Å². The summed E-state index contributed by atoms with van der Waals surface area (Å²) in [6.45, 7) is 3.40. The molecule has 0 aliphatic carbocycles. The number of carbonyl (C=O) groups is 3. The van der Waals surface area contributed by atoms with E-state index in [1.165, 1.54) is 0 Å². The van der Waals surface area contributed by atoms with E-state index in [0.717, 1.165) is 5.69 Å². The van der Waals surface area contributed by atoms with Gasteiger partial charge in [-0.1, -0.05) is 29.3 Å². The fourth-order valence-electron chi connectivity index (χ4n) is 4.53. The molecule has 0 aromatic heterocycles. The van der Waals surface area contributed by atoms with Gasteiger partial charge in [0.25, 0.3) is 11.8 Å². The molecule has 2 aromatic carbocycles. The average Bonchev–Trinajstić information content (AvgIpc) is 3.24. The number of ether oxygens (including phenoxy) is 2. The van der Waals surface area contributed by atoms with Crippen LogP contribution in [0, 0.1) is 0 Å². The highest BCUT2D eigenvalue weighted by molar-refractivity contribution is 6.32. The van der Waals surface area contributed by atoms with Crippen LogP contribution in [0.2, 0.25) is 10.0 Å². The monoisotopic (exact) mass is 518 g/mol. The molecule has 5 rings (SSSR count). The average molecular weight is 519 g/mol. The molecule has 0 radical (unpaired) electrons. The van der Waals surface area contributed by atoms with Crippen molar-refractivity contribution < 1.29 is 23.9 Å². The van der Waals surface area contributed by atoms with Crippen LogP contribution in [0.15, 0.2) is 42.5 Å². The SMILES string of the molecule is O=C1NC2(CO1)CN(C(=O)COc1ccc(C(=O)N3CCN(c4cccc(Cl)c4)CC3)cc1Cl)C2. The first-order chi connectivity index (χ1) is 16.8. The van der Waals surface area contributed by atoms with Gasteiger partial charge in [0.15, 0.2) is 6.61 Å². The number of cyclic esters (lactones) is 1. The maximum Gasteiger partial charge on any atom is 0.407 e. The molecule has 0 saturated carbocycles. The van der Waals surface area contributed by atoms with Crippen LogP contribution in [0.3, 0.4) is 0 Å². The van der Waals surface area contributed by atoms with Gasteiger partial charge in [-0.15, -0.1) is 0 Å². The van der Waals surface area contributed by atoms with Crippen LogP contribution in [-0.2, 0) is 9.53 Å². The Labute approximate surface area is 212 Å². The summed E-state index contributed by atoms with van der Waals surface area (Å²) in [7, 11) is 0. The van der Waals surface area contributed by atoms with Gasteiger partial charge in [-0.25, -0.2) is 4.79 Å². The normalized spacial score (nSPS) is 18.7. The number of alkyl carbamates (subject to hydrolysis) is 1. The van der Waals surface area contributed by atoms with E-state index in [9.17, 15) is 14.4 Å². The number of anilines is 1. The quantitative estimate of drug-likeness (QED) is 0.654. The van der Waals surface area contributed by atoms with Crippen LogP contribution in [0.4, 0.5) is 10.5 Å². The van der Waals surface area contributed by atoms with Crippen molar-refractivity contribution in [2.24, 2.45) is 0 Å². The molecular formula is C24H24Cl2N4O5. The minimum atomic E-state index is -0.480. The first-order valence-electron chi connectivity index (χ1n) is 11.3. The number of nitrogens with zero attached hydrogens (tertiary/aromatic N) is 3. The Bertz CT molecular complexity index is 1160. The Morgan fingerprint density at radius 1 is 1.03 bits per heavy atom. The van der Waals surface area contributed by atoms with Crippen molar-refractivity contribution in [2.45, 2.75) is 5.54 Å². The third-order valence-electron chi connectivity index (χ3n) is 6.46. The summed E-state index contributed by atoms with van der Waals surface area (Å²) in [5.74, 6) is 0.00706. The lowest BCUT2D eigenvalue weighted by Gasteiger charge is -2.45. The number of benzene rings is 2. The lowest BCUT2D eigenvalue weighted by atomic mass is 9.91. The number of halogens is 2. The van der Waals surface area contributed by atoms with E-state index < -0.39 is 11.6 Å². The van der Waals surface area contributed by atoms with Gasteiger partial charge in [-0.05, 0) is 36.4 Å². The van der Waals surface area contributed by atoms with Gasteiger partial charge >= 0.3 is 6.09 Å². The molecule has 3 fully saturated rings. The predicted molar refractivity (Wildman–Crippen MR) is 130 cm³/mol. The van der Waals surface area contributed by atoms with Crippen LogP contribution in [0.1, 0.15) is 10.4 Å². The van der Waals surface area contributed by atoms with Crippen LogP contribution in [-0.4, -0.2) is 85.7 Å². The number of rotatable bonds is 5. The fraction of sp³-hybridized carbons (Fsp3) is 0.375. The van der Waals surface area contributed by atoms with E-state index in [4.69, 9.17) is 32.7 Å². The molecular weight excluding hydrogens is 495 g/mol. The zero-order valence-corrected chi connectivity index (χ0v) is 20.3. The maximum atomic E-state index is 13.0. The highest BCUT2D eigenvalue weighted by atomic mass is 35.5. The second-order valence-corrected chi connectivity index (χ2v) is 9.77. The molecule has 35 heavy (non-hydrogen) atoms. The molecule has 1 spiro atoms. The van der Waals surface area contributed by atoms with E-state index in [1.807, 2.05) is 24.3 Å². The molecule has 3 heterocycles. The summed E-state index contributed by atoms with van der Waals surface area (Å²) >= 11 is 12.4. The van der Waals surface area contributed by atoms with Crippen LogP contribution < -0.4 is 15.0 Å². The smallest absolute Gasteiger partial charge is 0.407 e. The highest BCUT2D eigenvalue weighted by Gasteiger charge is 2.51. The van der Waals surface area contributed by atoms with Crippen molar-refractivity contribution in [3.8, 4) is 5.75 Å². The molecule has 11 heteroatoms. The molecule has 0 unspecified atom stereocenters. The number of hydrogen-bond donors (Lipinski definition) is 1. The molecule has 0 atom stereocenters. The Kier molecular flexibility index (Phi) is 6.37. The van der Waals surface area contributed by atoms with Crippen molar-refractivity contribution in [2.75, 3.05) is 57.4 Å². The summed E-state index contributed by atoms with van der Waals surface area (Å²) in [4.78, 5) is 42.2. The zero-order valence-electron chi connectivity index (χ0n) is 18.8. The van der Waals surface area contributed by atoms with E-state index in [-0.39, 0.29) is 30.1 Å². The van der Waals surface area contributed by atoms with Gasteiger partial charge in [0.05, 0.1) is 5.02 Å². The first-order valence-corrected chi connectivity index (χ1v) is 12.0. The fourth-order valence-corrected chi connectivity index (χ4v) is 4.95. The van der Waals surface area contributed by atoms with Crippen LogP contribution in [0.25, 0.3) is 0 Å². The first kappa shape index (κ1) is 23.6. The molecule has 3 aliphatic rings. The summed E-state index contributed by atoms with van der Waals surface area (Å²) in [6, 6.07) is 12.5. The van der Waals surface area contributed by atoms with Crippen molar-refractivity contribution in [1.82, 2.24) is 15.1 Å². The number of amides is 3. The van der Waals surface area contributed by atoms with Crippen molar-refractivity contribution in [3.05, 3.63) is 58.1 Å². The molecule has 3 amide bonds. The molecule has 9 nitrogen and oxygen atoms in total. The van der Waals surface area contributed by atoms with E-state index in [1.54, 1.807) is 28.0 Å². The maximum absolute atomic E-state index is 13.0. The number of likely N-dealkylation sites (tertiary alicyclic amines) is 1. The number of carbonyl (C=O) groups excluding carboxylic acids is 3. The molecule has 184 valence electrons. The lowest BCUT2D eigenvalue weighted by molar-refractivity contribution is -0.141. The Morgan fingerprint density at radius 3 is 2.46 bits per heavy atom. The molecule has 2 aromatic rings. The Balaban J connectivity index is 1.12. The third-order valence-corrected chi connectivity index (χ3v) is 6.99. The van der Waals surface area contributed by atoms with Gasteiger partial charge in [-0.2, -0.15) is 0 Å². The molecule has 3 saturated heterocycles. The predicted octanol–water partition coefficient (Wildman–Crippen LogP) is 2.66. The topological polar surface area (TPSA) is 91.4 Å². The lowest BCUT2D eigenvalue weighted by Crippen LogP contribution is -2.70. The molecule has 0 bridgehead atoms. The van der Waals surface area contributed by atoms with Gasteiger partial charge in [0.2, 0.25) is 0 Å². The third kappa shape index (κ3) is 4.97. The molecule has 1 N–H and O–H groups in total. The van der Waals surface area contributed by atoms with E-state index in [2.05, 4.69) is 10.2 Å². The van der Waals surface area contributed by atoms with E-state index in [0.29, 0.717) is 55.6 Å². The number of hydrogen-bond acceptors (Lipinski definition) is 6. The molecule has 3 aliphatic heterocycles. The Morgan fingerprint density at radius 2 is 1.80 bits per heavy atom. The standard InChI is InChI=1S/C24H24Cl2N4O5/c25-17-2-1-3-18(11-17)28-6-8-29(9-7-28)22(32)16-4-5-20(19(26)10-16)34-12-21(31)30-13-24(14-30)15-35-23(33)27-24/h1-5,10-11H,6-9,12-15H2,(H,27,33). The number of nitrogens with one attached hydrogen (secondary N) is 1.